The third-order valence-corrected chi connectivity index (χ3v) is 2.88. The second-order valence-corrected chi connectivity index (χ2v) is 4.31. The molecule has 17 heavy (non-hydrogen) atoms. The highest BCUT2D eigenvalue weighted by Crippen LogP contribution is 2.19. The summed E-state index contributed by atoms with van der Waals surface area (Å²) in [4.78, 5) is 0. The molecule has 0 aliphatic rings. The van der Waals surface area contributed by atoms with Gasteiger partial charge in [-0.3, -0.25) is 0 Å². The first kappa shape index (κ1) is 11.9. The van der Waals surface area contributed by atoms with Crippen molar-refractivity contribution in [1.82, 2.24) is 5.32 Å². The smallest absolute Gasteiger partial charge is 0.105 e. The van der Waals surface area contributed by atoms with Crippen LogP contribution in [0.4, 0.5) is 0 Å². The summed E-state index contributed by atoms with van der Waals surface area (Å²) in [7, 11) is 0. The van der Waals surface area contributed by atoms with Crippen molar-refractivity contribution in [3.8, 4) is 0 Å². The van der Waals surface area contributed by atoms with Gasteiger partial charge in [0.05, 0.1) is 6.26 Å². The van der Waals surface area contributed by atoms with E-state index in [4.69, 9.17) is 4.42 Å². The van der Waals surface area contributed by atoms with Crippen molar-refractivity contribution < 1.29 is 4.42 Å². The van der Waals surface area contributed by atoms with E-state index in [9.17, 15) is 0 Å². The summed E-state index contributed by atoms with van der Waals surface area (Å²) < 4.78 is 5.42. The maximum atomic E-state index is 5.42. The molecule has 1 N–H and O–H groups in total. The third-order valence-electron chi connectivity index (χ3n) is 2.88. The van der Waals surface area contributed by atoms with E-state index in [1.54, 1.807) is 6.26 Å². The maximum absolute atomic E-state index is 5.42. The summed E-state index contributed by atoms with van der Waals surface area (Å²) in [6.07, 6.45) is 2.62. The van der Waals surface area contributed by atoms with E-state index in [-0.39, 0.29) is 0 Å². The third kappa shape index (κ3) is 3.21. The van der Waals surface area contributed by atoms with E-state index in [0.717, 1.165) is 18.7 Å². The molecule has 1 unspecified atom stereocenters. The highest BCUT2D eigenvalue weighted by molar-refractivity contribution is 5.26. The Kier molecular flexibility index (Phi) is 3.99. The maximum Gasteiger partial charge on any atom is 0.105 e. The van der Waals surface area contributed by atoms with E-state index in [1.165, 1.54) is 11.1 Å². The van der Waals surface area contributed by atoms with Crippen molar-refractivity contribution in [3.05, 3.63) is 59.5 Å². The Morgan fingerprint density at radius 1 is 1.24 bits per heavy atom. The number of benzene rings is 1. The fourth-order valence-corrected chi connectivity index (χ4v) is 2.07. The number of hydrogen-bond acceptors (Lipinski definition) is 2. The number of nitrogens with one attached hydrogen (secondary N) is 1. The molecule has 2 rings (SSSR count). The van der Waals surface area contributed by atoms with Crippen LogP contribution in [0.2, 0.25) is 0 Å². The lowest BCUT2D eigenvalue weighted by Crippen LogP contribution is -2.22. The lowest BCUT2D eigenvalue weighted by molar-refractivity contribution is 0.455. The molecule has 0 bridgehead atoms. The van der Waals surface area contributed by atoms with Crippen LogP contribution >= 0.6 is 0 Å². The van der Waals surface area contributed by atoms with Gasteiger partial charge in [-0.25, -0.2) is 0 Å². The van der Waals surface area contributed by atoms with Crippen molar-refractivity contribution in [2.24, 2.45) is 0 Å². The summed E-state index contributed by atoms with van der Waals surface area (Å²) >= 11 is 0. The number of furan rings is 1. The molecule has 1 atom stereocenters. The molecule has 1 heterocycles. The molecule has 0 fully saturated rings. The normalized spacial score (nSPS) is 12.6. The Labute approximate surface area is 103 Å². The second kappa shape index (κ2) is 5.69. The van der Waals surface area contributed by atoms with Crippen LogP contribution in [0, 0.1) is 6.92 Å². The number of aryl methyl sites for hydroxylation is 1. The zero-order valence-electron chi connectivity index (χ0n) is 10.4. The second-order valence-electron chi connectivity index (χ2n) is 4.31. The van der Waals surface area contributed by atoms with Crippen LogP contribution in [0.15, 0.2) is 47.1 Å². The fraction of sp³-hybridized carbons (Fsp3) is 0.333. The molecule has 1 aromatic heterocycles. The molecule has 0 aliphatic carbocycles. The molecule has 1 aromatic carbocycles. The van der Waals surface area contributed by atoms with E-state index in [1.807, 2.05) is 12.1 Å². The first-order valence-corrected chi connectivity index (χ1v) is 6.12. The van der Waals surface area contributed by atoms with E-state index in [0.29, 0.717) is 6.04 Å². The Morgan fingerprint density at radius 2 is 2.12 bits per heavy atom. The molecular formula is C15H19NO. The summed E-state index contributed by atoms with van der Waals surface area (Å²) in [6, 6.07) is 12.9. The zero-order valence-corrected chi connectivity index (χ0v) is 10.4. The van der Waals surface area contributed by atoms with Gasteiger partial charge in [0.15, 0.2) is 0 Å². The average molecular weight is 229 g/mol. The molecule has 0 aliphatic heterocycles. The van der Waals surface area contributed by atoms with Crippen molar-refractivity contribution in [3.63, 3.8) is 0 Å². The highest BCUT2D eigenvalue weighted by atomic mass is 16.3. The van der Waals surface area contributed by atoms with E-state index >= 15 is 0 Å². The van der Waals surface area contributed by atoms with Gasteiger partial charge < -0.3 is 9.73 Å². The number of hydrogen-bond donors (Lipinski definition) is 1. The fourth-order valence-electron chi connectivity index (χ4n) is 2.07. The Bertz CT molecular complexity index is 448. The predicted molar refractivity (Wildman–Crippen MR) is 70.0 cm³/mol. The van der Waals surface area contributed by atoms with Crippen molar-refractivity contribution in [2.75, 3.05) is 6.54 Å². The van der Waals surface area contributed by atoms with Crippen molar-refractivity contribution in [1.29, 1.82) is 0 Å². The summed E-state index contributed by atoms with van der Waals surface area (Å²) in [6.45, 7) is 5.21. The molecule has 2 aromatic rings. The molecule has 0 amide bonds. The predicted octanol–water partition coefficient (Wildman–Crippen LogP) is 3.48. The van der Waals surface area contributed by atoms with E-state index < -0.39 is 0 Å². The summed E-state index contributed by atoms with van der Waals surface area (Å²) in [5.74, 6) is 1.03. The topological polar surface area (TPSA) is 25.2 Å². The van der Waals surface area contributed by atoms with Crippen LogP contribution in [0.25, 0.3) is 0 Å². The van der Waals surface area contributed by atoms with Gasteiger partial charge >= 0.3 is 0 Å². The van der Waals surface area contributed by atoms with Crippen LogP contribution in [0.1, 0.15) is 29.9 Å². The number of rotatable bonds is 5. The van der Waals surface area contributed by atoms with Gasteiger partial charge in [0, 0.05) is 12.5 Å². The molecular weight excluding hydrogens is 210 g/mol. The molecule has 2 heteroatoms. The SMILES string of the molecule is CCNC(Cc1ccco1)c1cccc(C)c1. The summed E-state index contributed by atoms with van der Waals surface area (Å²) in [5.41, 5.74) is 2.62. The van der Waals surface area contributed by atoms with Crippen LogP contribution in [-0.4, -0.2) is 6.54 Å². The van der Waals surface area contributed by atoms with Gasteiger partial charge in [-0.2, -0.15) is 0 Å². The minimum Gasteiger partial charge on any atom is -0.469 e. The number of likely N-dealkylation sites (N-methyl/N-ethyl adjacent to an activating group) is 1. The van der Waals surface area contributed by atoms with Gasteiger partial charge in [0.2, 0.25) is 0 Å². The Hall–Kier alpha value is -1.54. The first-order chi connectivity index (χ1) is 8.29. The largest absolute Gasteiger partial charge is 0.469 e. The zero-order chi connectivity index (χ0) is 12.1. The Morgan fingerprint density at radius 3 is 2.76 bits per heavy atom. The van der Waals surface area contributed by atoms with Crippen molar-refractivity contribution >= 4 is 0 Å². The minimum absolute atomic E-state index is 0.325. The molecule has 0 spiro atoms. The molecule has 90 valence electrons. The van der Waals surface area contributed by atoms with Crippen LogP contribution in [0.3, 0.4) is 0 Å². The first-order valence-electron chi connectivity index (χ1n) is 6.12. The van der Waals surface area contributed by atoms with Gasteiger partial charge in [0.1, 0.15) is 5.76 Å². The molecule has 2 nitrogen and oxygen atoms in total. The van der Waals surface area contributed by atoms with Crippen molar-refractivity contribution in [2.45, 2.75) is 26.3 Å². The monoisotopic (exact) mass is 229 g/mol. The van der Waals surface area contributed by atoms with Crippen LogP contribution < -0.4 is 5.32 Å². The molecule has 0 saturated carbocycles. The molecule has 0 radical (unpaired) electrons. The summed E-state index contributed by atoms with van der Waals surface area (Å²) in [5, 5.41) is 3.50. The molecule has 0 saturated heterocycles. The van der Waals surface area contributed by atoms with Gasteiger partial charge in [-0.05, 0) is 31.2 Å². The van der Waals surface area contributed by atoms with Crippen LogP contribution in [-0.2, 0) is 6.42 Å². The lowest BCUT2D eigenvalue weighted by Gasteiger charge is -2.17. The highest BCUT2D eigenvalue weighted by Gasteiger charge is 2.12. The van der Waals surface area contributed by atoms with Gasteiger partial charge in [0.25, 0.3) is 0 Å². The standard InChI is InChI=1S/C15H19NO/c1-3-16-15(11-14-8-5-9-17-14)13-7-4-6-12(2)10-13/h4-10,15-16H,3,11H2,1-2H3. The Balaban J connectivity index is 2.16. The van der Waals surface area contributed by atoms with E-state index in [2.05, 4.69) is 43.4 Å². The average Bonchev–Trinajstić information content (AvgIpc) is 2.81. The quantitative estimate of drug-likeness (QED) is 0.849. The minimum atomic E-state index is 0.325. The van der Waals surface area contributed by atoms with Gasteiger partial charge in [-0.1, -0.05) is 36.8 Å². The van der Waals surface area contributed by atoms with Gasteiger partial charge in [-0.15, -0.1) is 0 Å². The lowest BCUT2D eigenvalue weighted by atomic mass is 10.0. The van der Waals surface area contributed by atoms with Crippen LogP contribution in [0.5, 0.6) is 0 Å².